The summed E-state index contributed by atoms with van der Waals surface area (Å²) in [6.07, 6.45) is 0. The highest BCUT2D eigenvalue weighted by atomic mass is 16.3. The van der Waals surface area contributed by atoms with Crippen molar-refractivity contribution in [2.24, 2.45) is 0 Å². The van der Waals surface area contributed by atoms with Gasteiger partial charge in [0.1, 0.15) is 11.2 Å². The van der Waals surface area contributed by atoms with Crippen LogP contribution < -0.4 is 9.80 Å². The van der Waals surface area contributed by atoms with Gasteiger partial charge in [0.15, 0.2) is 0 Å². The zero-order chi connectivity index (χ0) is 42.2. The summed E-state index contributed by atoms with van der Waals surface area (Å²) in [4.78, 5) is 4.81. The number of para-hydroxylation sites is 3. The zero-order valence-corrected chi connectivity index (χ0v) is 34.9. The van der Waals surface area contributed by atoms with Crippen molar-refractivity contribution in [2.75, 3.05) is 9.80 Å². The van der Waals surface area contributed by atoms with Crippen molar-refractivity contribution in [3.05, 3.63) is 265 Å². The van der Waals surface area contributed by atoms with Gasteiger partial charge in [0.25, 0.3) is 0 Å². The van der Waals surface area contributed by atoms with E-state index in [0.717, 1.165) is 61.6 Å². The molecule has 3 heteroatoms. The van der Waals surface area contributed by atoms with Crippen LogP contribution in [0.4, 0.5) is 34.1 Å². The fourth-order valence-corrected chi connectivity index (χ4v) is 10.8. The summed E-state index contributed by atoms with van der Waals surface area (Å²) < 4.78 is 6.36. The largest absolute Gasteiger partial charge is 0.456 e. The van der Waals surface area contributed by atoms with Gasteiger partial charge >= 0.3 is 0 Å². The molecule has 1 heterocycles. The number of benzene rings is 10. The average Bonchev–Trinajstić information content (AvgIpc) is 3.99. The number of hydrogen-bond donors (Lipinski definition) is 0. The molecular weight excluding hydrogens is 777 g/mol. The smallest absolute Gasteiger partial charge is 0.135 e. The molecule has 1 atom stereocenters. The molecule has 0 amide bonds. The molecule has 1 spiro atoms. The molecule has 0 saturated carbocycles. The first-order valence-corrected chi connectivity index (χ1v) is 22.0. The van der Waals surface area contributed by atoms with E-state index < -0.39 is 5.41 Å². The highest BCUT2D eigenvalue weighted by Gasteiger charge is 2.52. The molecule has 0 aliphatic heterocycles. The van der Waals surface area contributed by atoms with Crippen LogP contribution in [0.1, 0.15) is 22.3 Å². The number of hydrogen-bond acceptors (Lipinski definition) is 3. The monoisotopic (exact) mass is 816 g/mol. The topological polar surface area (TPSA) is 19.6 Å². The second kappa shape index (κ2) is 14.3. The quantitative estimate of drug-likeness (QED) is 0.160. The number of anilines is 6. The van der Waals surface area contributed by atoms with Crippen LogP contribution in [-0.2, 0) is 5.41 Å². The third-order valence-electron chi connectivity index (χ3n) is 13.4. The predicted octanol–water partition coefficient (Wildman–Crippen LogP) is 16.5. The minimum absolute atomic E-state index is 0.578. The molecule has 0 bridgehead atoms. The maximum atomic E-state index is 6.36. The molecule has 300 valence electrons. The fraction of sp³-hybridized carbons (Fsp3) is 0.0164. The number of rotatable bonds is 7. The second-order valence-electron chi connectivity index (χ2n) is 16.8. The summed E-state index contributed by atoms with van der Waals surface area (Å²) in [5.41, 5.74) is 20.3. The lowest BCUT2D eigenvalue weighted by Crippen LogP contribution is -2.26. The highest BCUT2D eigenvalue weighted by molar-refractivity contribution is 6.07. The van der Waals surface area contributed by atoms with E-state index in [1.54, 1.807) is 0 Å². The summed E-state index contributed by atoms with van der Waals surface area (Å²) in [5, 5.41) is 2.20. The summed E-state index contributed by atoms with van der Waals surface area (Å²) in [6, 6.07) is 88.4. The van der Waals surface area contributed by atoms with Gasteiger partial charge in [-0.05, 0) is 141 Å². The molecule has 0 saturated heterocycles. The molecule has 0 fully saturated rings. The Balaban J connectivity index is 1.07. The van der Waals surface area contributed by atoms with Crippen molar-refractivity contribution < 1.29 is 4.42 Å². The van der Waals surface area contributed by atoms with Gasteiger partial charge in [0.05, 0.1) is 5.41 Å². The predicted molar refractivity (Wildman–Crippen MR) is 265 cm³/mol. The minimum Gasteiger partial charge on any atom is -0.456 e. The molecule has 0 N–H and O–H groups in total. The van der Waals surface area contributed by atoms with E-state index >= 15 is 0 Å². The van der Waals surface area contributed by atoms with E-state index in [1.165, 1.54) is 50.1 Å². The molecule has 3 nitrogen and oxygen atoms in total. The van der Waals surface area contributed by atoms with E-state index in [1.807, 2.05) is 6.07 Å². The van der Waals surface area contributed by atoms with E-state index in [2.05, 4.69) is 246 Å². The van der Waals surface area contributed by atoms with Crippen molar-refractivity contribution in [3.63, 3.8) is 0 Å². The Morgan fingerprint density at radius 1 is 0.266 bits per heavy atom. The van der Waals surface area contributed by atoms with Crippen LogP contribution in [0.5, 0.6) is 0 Å². The highest BCUT2D eigenvalue weighted by Crippen LogP contribution is 2.64. The van der Waals surface area contributed by atoms with E-state index in [-0.39, 0.29) is 0 Å². The number of furan rings is 1. The van der Waals surface area contributed by atoms with Gasteiger partial charge in [-0.15, -0.1) is 0 Å². The molecule has 64 heavy (non-hydrogen) atoms. The van der Waals surface area contributed by atoms with Gasteiger partial charge in [-0.3, -0.25) is 0 Å². The third-order valence-corrected chi connectivity index (χ3v) is 13.4. The van der Waals surface area contributed by atoms with Crippen LogP contribution in [0, 0.1) is 0 Å². The van der Waals surface area contributed by atoms with Gasteiger partial charge in [-0.25, -0.2) is 0 Å². The molecule has 2 aliphatic carbocycles. The Kier molecular flexibility index (Phi) is 8.13. The van der Waals surface area contributed by atoms with Crippen molar-refractivity contribution in [1.82, 2.24) is 0 Å². The lowest BCUT2D eigenvalue weighted by molar-refractivity contribution is 0.669. The lowest BCUT2D eigenvalue weighted by atomic mass is 9.70. The Bertz CT molecular complexity index is 3520. The van der Waals surface area contributed by atoms with E-state index in [4.69, 9.17) is 4.42 Å². The fourth-order valence-electron chi connectivity index (χ4n) is 10.8. The second-order valence-corrected chi connectivity index (χ2v) is 16.8. The normalized spacial score (nSPS) is 14.3. The molecule has 13 rings (SSSR count). The van der Waals surface area contributed by atoms with Gasteiger partial charge < -0.3 is 14.2 Å². The van der Waals surface area contributed by atoms with Gasteiger partial charge in [-0.1, -0.05) is 158 Å². The third kappa shape index (κ3) is 5.41. The lowest BCUT2D eigenvalue weighted by Gasteiger charge is -2.33. The van der Waals surface area contributed by atoms with Gasteiger partial charge in [0.2, 0.25) is 0 Å². The van der Waals surface area contributed by atoms with Crippen molar-refractivity contribution in [3.8, 4) is 33.4 Å². The Morgan fingerprint density at radius 2 is 0.703 bits per heavy atom. The van der Waals surface area contributed by atoms with Crippen LogP contribution in [0.3, 0.4) is 0 Å². The summed E-state index contributed by atoms with van der Waals surface area (Å²) in [7, 11) is 0. The maximum absolute atomic E-state index is 6.36. The van der Waals surface area contributed by atoms with Crippen LogP contribution in [0.25, 0.3) is 55.3 Å². The van der Waals surface area contributed by atoms with Crippen molar-refractivity contribution in [2.45, 2.75) is 5.41 Å². The summed E-state index contributed by atoms with van der Waals surface area (Å²) in [5.74, 6) is 0. The van der Waals surface area contributed by atoms with Crippen LogP contribution >= 0.6 is 0 Å². The van der Waals surface area contributed by atoms with E-state index in [0.29, 0.717) is 0 Å². The minimum atomic E-state index is -0.578. The molecule has 10 aromatic carbocycles. The Hall–Kier alpha value is -8.40. The molecule has 1 unspecified atom stereocenters. The molecular formula is C61H40N2O. The Labute approximate surface area is 372 Å². The number of fused-ring (bicyclic) bond motifs is 13. The van der Waals surface area contributed by atoms with Crippen LogP contribution in [-0.4, -0.2) is 0 Å². The molecule has 2 aliphatic rings. The van der Waals surface area contributed by atoms with Crippen molar-refractivity contribution in [1.29, 1.82) is 0 Å². The Morgan fingerprint density at radius 3 is 1.34 bits per heavy atom. The van der Waals surface area contributed by atoms with Gasteiger partial charge in [0, 0.05) is 44.9 Å². The SMILES string of the molecule is c1ccc(-c2cccc(N(c3ccc4c(c3)C3(c5ccccc5-c5ccc(N(c6ccccc6)c6ccccc6)cc53)c3ccccc3-4)c3ccc4oc5ccccc5c4c3)c2)cc1. The van der Waals surface area contributed by atoms with Gasteiger partial charge in [-0.2, -0.15) is 0 Å². The van der Waals surface area contributed by atoms with Crippen molar-refractivity contribution >= 4 is 56.1 Å². The molecule has 1 aromatic heterocycles. The standard InChI is InChI=1S/C61H40N2O/c1-4-17-41(18-5-1)42-19-16-24-45(37-42)63(46-33-36-60-54(38-46)53-27-12-15-30-59(53)64-60)48-32-35-52-50-26-11-14-29-56(50)61(58(52)40-48)55-28-13-10-25-49(55)51-34-31-47(39-57(51)61)62(43-20-6-2-7-21-43)44-22-8-3-9-23-44/h1-40H. The maximum Gasteiger partial charge on any atom is 0.135 e. The summed E-state index contributed by atoms with van der Waals surface area (Å²) in [6.45, 7) is 0. The number of nitrogens with zero attached hydrogens (tertiary/aromatic N) is 2. The van der Waals surface area contributed by atoms with Crippen LogP contribution in [0.2, 0.25) is 0 Å². The summed E-state index contributed by atoms with van der Waals surface area (Å²) >= 11 is 0. The zero-order valence-electron chi connectivity index (χ0n) is 34.9. The molecule has 11 aromatic rings. The average molecular weight is 817 g/mol. The first kappa shape index (κ1) is 36.3. The van der Waals surface area contributed by atoms with E-state index in [9.17, 15) is 0 Å². The first-order valence-electron chi connectivity index (χ1n) is 22.0. The molecule has 0 radical (unpaired) electrons. The first-order chi connectivity index (χ1) is 31.7. The van der Waals surface area contributed by atoms with Crippen LogP contribution in [0.15, 0.2) is 247 Å².